The molecule has 1 unspecified atom stereocenters. The van der Waals surface area contributed by atoms with Crippen molar-refractivity contribution in [3.63, 3.8) is 0 Å². The first kappa shape index (κ1) is 28.7. The van der Waals surface area contributed by atoms with E-state index in [0.29, 0.717) is 40.7 Å². The van der Waals surface area contributed by atoms with Gasteiger partial charge in [-0.05, 0) is 84.8 Å². The van der Waals surface area contributed by atoms with Crippen molar-refractivity contribution < 1.29 is 26.3 Å². The SMILES string of the molecule is CCC1=C(C(F)(F)c2ccc(F)cc2)C=C(Nc2nc3ccc(OC)cc3s2)CC1Nc1ccc(S(N)(=O)=O)cc1. The lowest BCUT2D eigenvalue weighted by Crippen LogP contribution is -2.32. The van der Waals surface area contributed by atoms with Crippen LogP contribution in [0.15, 0.2) is 94.5 Å². The van der Waals surface area contributed by atoms with Gasteiger partial charge >= 0.3 is 0 Å². The van der Waals surface area contributed by atoms with E-state index in [0.717, 1.165) is 34.5 Å². The number of nitrogens with zero attached hydrogens (tertiary/aromatic N) is 1. The maximum atomic E-state index is 16.1. The number of halogens is 3. The first-order chi connectivity index (χ1) is 19.5. The molecular weight excluding hydrogens is 573 g/mol. The fourth-order valence-electron chi connectivity index (χ4n) is 4.79. The quantitative estimate of drug-likeness (QED) is 0.196. The van der Waals surface area contributed by atoms with Crippen molar-refractivity contribution in [1.29, 1.82) is 0 Å². The van der Waals surface area contributed by atoms with Crippen molar-refractivity contribution in [2.75, 3.05) is 17.7 Å². The minimum Gasteiger partial charge on any atom is -0.497 e. The Bertz CT molecular complexity index is 1750. The maximum Gasteiger partial charge on any atom is 0.298 e. The molecule has 4 aromatic rings. The zero-order chi connectivity index (χ0) is 29.4. The van der Waals surface area contributed by atoms with E-state index in [2.05, 4.69) is 15.6 Å². The minimum atomic E-state index is -3.88. The molecule has 1 aliphatic carbocycles. The monoisotopic (exact) mass is 600 g/mol. The molecule has 5 rings (SSSR count). The molecule has 0 aliphatic heterocycles. The molecule has 0 saturated carbocycles. The Morgan fingerprint density at radius 3 is 2.44 bits per heavy atom. The van der Waals surface area contributed by atoms with E-state index >= 15 is 8.78 Å². The highest BCUT2D eigenvalue weighted by Crippen LogP contribution is 2.44. The molecule has 0 amide bonds. The van der Waals surface area contributed by atoms with Gasteiger partial charge in [0.05, 0.1) is 28.3 Å². The second-order valence-corrected chi connectivity index (χ2v) is 12.1. The van der Waals surface area contributed by atoms with E-state index < -0.39 is 27.8 Å². The van der Waals surface area contributed by atoms with E-state index in [1.54, 1.807) is 20.1 Å². The van der Waals surface area contributed by atoms with Crippen LogP contribution in [-0.2, 0) is 15.9 Å². The van der Waals surface area contributed by atoms with Crippen molar-refractivity contribution in [3.8, 4) is 5.75 Å². The number of sulfonamides is 1. The van der Waals surface area contributed by atoms with Crippen LogP contribution in [0.2, 0.25) is 0 Å². The smallest absolute Gasteiger partial charge is 0.298 e. The first-order valence-corrected chi connectivity index (χ1v) is 15.0. The summed E-state index contributed by atoms with van der Waals surface area (Å²) in [6, 6.07) is 14.9. The minimum absolute atomic E-state index is 0.0591. The number of ether oxygens (including phenoxy) is 1. The number of aromatic nitrogens is 1. The third-order valence-corrected chi connectivity index (χ3v) is 8.68. The van der Waals surface area contributed by atoms with Crippen LogP contribution in [0.25, 0.3) is 10.2 Å². The highest BCUT2D eigenvalue weighted by Gasteiger charge is 2.40. The second-order valence-electron chi connectivity index (χ2n) is 9.49. The second kappa shape index (κ2) is 11.2. The number of nitrogens with two attached hydrogens (primary N) is 1. The summed E-state index contributed by atoms with van der Waals surface area (Å²) in [7, 11) is -2.31. The molecule has 0 fully saturated rings. The molecule has 0 radical (unpaired) electrons. The van der Waals surface area contributed by atoms with Crippen molar-refractivity contribution in [2.45, 2.75) is 36.6 Å². The predicted octanol–water partition coefficient (Wildman–Crippen LogP) is 6.77. The Balaban J connectivity index is 1.54. The van der Waals surface area contributed by atoms with Gasteiger partial charge in [0.2, 0.25) is 10.0 Å². The number of alkyl halides is 2. The maximum absolute atomic E-state index is 16.1. The average Bonchev–Trinajstić information content (AvgIpc) is 3.34. The summed E-state index contributed by atoms with van der Waals surface area (Å²) in [5.74, 6) is -3.35. The Kier molecular flexibility index (Phi) is 7.82. The number of nitrogens with one attached hydrogen (secondary N) is 2. The van der Waals surface area contributed by atoms with Crippen molar-refractivity contribution in [2.24, 2.45) is 5.14 Å². The van der Waals surface area contributed by atoms with Gasteiger partial charge in [-0.25, -0.2) is 22.9 Å². The van der Waals surface area contributed by atoms with Gasteiger partial charge in [-0.1, -0.05) is 18.3 Å². The van der Waals surface area contributed by atoms with E-state index in [9.17, 15) is 12.8 Å². The van der Waals surface area contributed by atoms with E-state index in [1.165, 1.54) is 41.7 Å². The summed E-state index contributed by atoms with van der Waals surface area (Å²) in [4.78, 5) is 4.54. The number of hydrogen-bond donors (Lipinski definition) is 3. The average molecular weight is 601 g/mol. The number of thiazole rings is 1. The standard InChI is InChI=1S/C29H27F3N4O3S2/c1-3-23-24(29(31,32)17-4-6-18(30)7-5-17)14-20(35-28-36-25-13-10-21(39-2)16-27(25)40-28)15-26(23)34-19-8-11-22(12-9-19)41(33,37)38/h4-14,16,26,34H,3,15H2,1-2H3,(H,35,36)(H2,33,37,38). The summed E-state index contributed by atoms with van der Waals surface area (Å²) >= 11 is 1.37. The molecule has 3 aromatic carbocycles. The van der Waals surface area contributed by atoms with Gasteiger partial charge < -0.3 is 15.4 Å². The summed E-state index contributed by atoms with van der Waals surface area (Å²) in [6.45, 7) is 1.79. The van der Waals surface area contributed by atoms with Crippen molar-refractivity contribution >= 4 is 42.4 Å². The third kappa shape index (κ3) is 6.09. The van der Waals surface area contributed by atoms with Crippen LogP contribution in [0, 0.1) is 5.82 Å². The number of hydrogen-bond acceptors (Lipinski definition) is 7. The molecular formula is C29H27F3N4O3S2. The van der Waals surface area contributed by atoms with E-state index in [4.69, 9.17) is 9.88 Å². The molecule has 1 aliphatic rings. The summed E-state index contributed by atoms with van der Waals surface area (Å²) in [5.41, 5.74) is 1.70. The Morgan fingerprint density at radius 2 is 1.80 bits per heavy atom. The molecule has 4 N–H and O–H groups in total. The number of fused-ring (bicyclic) bond motifs is 1. The van der Waals surface area contributed by atoms with Gasteiger partial charge in [-0.15, -0.1) is 0 Å². The van der Waals surface area contributed by atoms with E-state index in [-0.39, 0.29) is 16.0 Å². The first-order valence-electron chi connectivity index (χ1n) is 12.7. The topological polar surface area (TPSA) is 106 Å². The van der Waals surface area contributed by atoms with Crippen LogP contribution in [0.5, 0.6) is 5.75 Å². The number of anilines is 2. The molecule has 214 valence electrons. The van der Waals surface area contributed by atoms with Crippen LogP contribution >= 0.6 is 11.3 Å². The Labute approximate surface area is 239 Å². The number of rotatable bonds is 9. The lowest BCUT2D eigenvalue weighted by molar-refractivity contribution is 0.0397. The van der Waals surface area contributed by atoms with Gasteiger partial charge in [0.25, 0.3) is 5.92 Å². The Hall–Kier alpha value is -3.87. The molecule has 12 heteroatoms. The van der Waals surface area contributed by atoms with Gasteiger partial charge in [-0.3, -0.25) is 0 Å². The summed E-state index contributed by atoms with van der Waals surface area (Å²) in [5, 5.41) is 12.2. The molecule has 1 heterocycles. The zero-order valence-electron chi connectivity index (χ0n) is 22.1. The largest absolute Gasteiger partial charge is 0.497 e. The molecule has 0 bridgehead atoms. The lowest BCUT2D eigenvalue weighted by Gasteiger charge is -2.33. The molecule has 41 heavy (non-hydrogen) atoms. The molecule has 0 saturated heterocycles. The van der Waals surface area contributed by atoms with Crippen LogP contribution in [0.3, 0.4) is 0 Å². The zero-order valence-corrected chi connectivity index (χ0v) is 23.8. The van der Waals surface area contributed by atoms with Crippen LogP contribution in [0.1, 0.15) is 25.3 Å². The predicted molar refractivity (Wildman–Crippen MR) is 155 cm³/mol. The van der Waals surface area contributed by atoms with Gasteiger partial charge in [0, 0.05) is 28.9 Å². The lowest BCUT2D eigenvalue weighted by atomic mass is 9.84. The van der Waals surface area contributed by atoms with Gasteiger partial charge in [0.15, 0.2) is 5.13 Å². The van der Waals surface area contributed by atoms with Crippen LogP contribution in [-0.4, -0.2) is 26.6 Å². The highest BCUT2D eigenvalue weighted by molar-refractivity contribution is 7.89. The Morgan fingerprint density at radius 1 is 1.10 bits per heavy atom. The van der Waals surface area contributed by atoms with Crippen LogP contribution in [0.4, 0.5) is 24.0 Å². The molecule has 0 spiro atoms. The van der Waals surface area contributed by atoms with Gasteiger partial charge in [0.1, 0.15) is 11.6 Å². The van der Waals surface area contributed by atoms with Gasteiger partial charge in [-0.2, -0.15) is 8.78 Å². The number of methoxy groups -OCH3 is 1. The molecule has 1 aromatic heterocycles. The van der Waals surface area contributed by atoms with Crippen molar-refractivity contribution in [1.82, 2.24) is 4.98 Å². The van der Waals surface area contributed by atoms with E-state index in [1.807, 2.05) is 12.1 Å². The number of primary sulfonamides is 1. The normalized spacial score (nSPS) is 16.0. The third-order valence-electron chi connectivity index (χ3n) is 6.82. The highest BCUT2D eigenvalue weighted by atomic mass is 32.2. The molecule has 7 nitrogen and oxygen atoms in total. The summed E-state index contributed by atoms with van der Waals surface area (Å²) in [6.07, 6.45) is 2.07. The molecule has 1 atom stereocenters. The number of allylic oxidation sites excluding steroid dienone is 2. The fourth-order valence-corrected chi connectivity index (χ4v) is 6.23. The van der Waals surface area contributed by atoms with Crippen LogP contribution < -0.4 is 20.5 Å². The fraction of sp³-hybridized carbons (Fsp3) is 0.207. The summed E-state index contributed by atoms with van der Waals surface area (Å²) < 4.78 is 75.2. The van der Waals surface area contributed by atoms with Crippen molar-refractivity contribution in [3.05, 3.63) is 101 Å². The number of benzene rings is 3.